The Kier molecular flexibility index (Phi) is 3.28. The van der Waals surface area contributed by atoms with Gasteiger partial charge in [0, 0.05) is 13.6 Å². The molecule has 0 unspecified atom stereocenters. The molecule has 5 nitrogen and oxygen atoms in total. The quantitative estimate of drug-likeness (QED) is 0.759. The van der Waals surface area contributed by atoms with Crippen molar-refractivity contribution in [3.63, 3.8) is 0 Å². The lowest BCUT2D eigenvalue weighted by Gasteiger charge is -2.23. The van der Waals surface area contributed by atoms with E-state index in [0.29, 0.717) is 11.3 Å². The van der Waals surface area contributed by atoms with Crippen molar-refractivity contribution in [2.24, 2.45) is 5.41 Å². The van der Waals surface area contributed by atoms with Crippen LogP contribution in [-0.4, -0.2) is 27.7 Å². The van der Waals surface area contributed by atoms with Gasteiger partial charge in [0.2, 0.25) is 5.91 Å². The number of amides is 1. The van der Waals surface area contributed by atoms with Gasteiger partial charge in [-0.2, -0.15) is 5.10 Å². The molecule has 0 fully saturated rings. The molecular formula is C9H16N4OS. The number of aryl methyl sites for hydroxylation is 1. The molecule has 0 aromatic carbocycles. The average molecular weight is 228 g/mol. The molecule has 0 radical (unpaired) electrons. The maximum Gasteiger partial charge on any atom is 0.227 e. The third-order valence-electron chi connectivity index (χ3n) is 2.34. The number of aromatic amines is 1. The summed E-state index contributed by atoms with van der Waals surface area (Å²) in [5.41, 5.74) is -0.498. The van der Waals surface area contributed by atoms with Crippen LogP contribution in [0.2, 0.25) is 0 Å². The van der Waals surface area contributed by atoms with Crippen molar-refractivity contribution in [2.45, 2.75) is 27.3 Å². The number of rotatable bonds is 3. The molecule has 1 heterocycles. The molecule has 0 aliphatic carbocycles. The fourth-order valence-corrected chi connectivity index (χ4v) is 1.63. The van der Waals surface area contributed by atoms with E-state index in [0.717, 1.165) is 5.82 Å². The lowest BCUT2D eigenvalue weighted by molar-refractivity contribution is -0.129. The monoisotopic (exact) mass is 228 g/mol. The van der Waals surface area contributed by atoms with Gasteiger partial charge in [-0.15, -0.1) is 0 Å². The van der Waals surface area contributed by atoms with Crippen LogP contribution in [0.3, 0.4) is 0 Å². The van der Waals surface area contributed by atoms with Crippen molar-refractivity contribution in [1.82, 2.24) is 20.1 Å². The zero-order valence-corrected chi connectivity index (χ0v) is 10.2. The molecule has 1 aromatic heterocycles. The first kappa shape index (κ1) is 11.9. The predicted molar refractivity (Wildman–Crippen MR) is 60.0 cm³/mol. The van der Waals surface area contributed by atoms with Crippen molar-refractivity contribution in [1.29, 1.82) is 0 Å². The first-order valence-corrected chi connectivity index (χ1v) is 5.13. The number of H-pyrrole nitrogens is 1. The topological polar surface area (TPSA) is 62.7 Å². The summed E-state index contributed by atoms with van der Waals surface area (Å²) in [6.07, 6.45) is 0. The van der Waals surface area contributed by atoms with Gasteiger partial charge < -0.3 is 9.88 Å². The number of carbonyl (C=O) groups excluding carboxylic acids is 1. The molecule has 6 heteroatoms. The van der Waals surface area contributed by atoms with Crippen molar-refractivity contribution in [2.75, 3.05) is 7.05 Å². The summed E-state index contributed by atoms with van der Waals surface area (Å²) >= 11 is 5.08. The normalized spacial score (nSPS) is 11.5. The van der Waals surface area contributed by atoms with Gasteiger partial charge in [0.05, 0.1) is 5.41 Å². The van der Waals surface area contributed by atoms with Gasteiger partial charge in [0.15, 0.2) is 4.77 Å². The summed E-state index contributed by atoms with van der Waals surface area (Å²) < 4.78 is 2.37. The standard InChI is InChI=1S/C9H16N4OS/c1-6-11-12-8(15)13(6)5-9(2,3)7(14)10-4/h5H2,1-4H3,(H,10,14)(H,12,15). The third kappa shape index (κ3) is 2.44. The molecule has 15 heavy (non-hydrogen) atoms. The maximum atomic E-state index is 11.6. The summed E-state index contributed by atoms with van der Waals surface area (Å²) in [6, 6.07) is 0. The van der Waals surface area contributed by atoms with E-state index in [-0.39, 0.29) is 5.91 Å². The molecule has 0 saturated heterocycles. The molecule has 1 aromatic rings. The van der Waals surface area contributed by atoms with E-state index in [1.807, 2.05) is 25.3 Å². The SMILES string of the molecule is CNC(=O)C(C)(C)Cn1c(C)n[nH]c1=S. The van der Waals surface area contributed by atoms with Gasteiger partial charge in [0.1, 0.15) is 5.82 Å². The first-order valence-electron chi connectivity index (χ1n) is 4.72. The van der Waals surface area contributed by atoms with E-state index in [1.165, 1.54) is 0 Å². The van der Waals surface area contributed by atoms with E-state index in [2.05, 4.69) is 15.5 Å². The Hall–Kier alpha value is -1.17. The highest BCUT2D eigenvalue weighted by Crippen LogP contribution is 2.18. The minimum Gasteiger partial charge on any atom is -0.359 e. The maximum absolute atomic E-state index is 11.6. The second kappa shape index (κ2) is 4.14. The van der Waals surface area contributed by atoms with Crippen molar-refractivity contribution < 1.29 is 4.79 Å². The Morgan fingerprint density at radius 2 is 2.27 bits per heavy atom. The Labute approximate surface area is 93.9 Å². The summed E-state index contributed by atoms with van der Waals surface area (Å²) in [4.78, 5) is 11.6. The van der Waals surface area contributed by atoms with E-state index in [1.54, 1.807) is 7.05 Å². The number of nitrogens with one attached hydrogen (secondary N) is 2. The van der Waals surface area contributed by atoms with Crippen LogP contribution in [0, 0.1) is 17.1 Å². The molecule has 0 spiro atoms. The lowest BCUT2D eigenvalue weighted by Crippen LogP contribution is -2.38. The third-order valence-corrected chi connectivity index (χ3v) is 2.66. The fourth-order valence-electron chi connectivity index (χ4n) is 1.39. The summed E-state index contributed by atoms with van der Waals surface area (Å²) in [6.45, 7) is 6.13. The van der Waals surface area contributed by atoms with Crippen LogP contribution >= 0.6 is 12.2 Å². The fraction of sp³-hybridized carbons (Fsp3) is 0.667. The molecule has 1 amide bonds. The molecule has 0 atom stereocenters. The summed E-state index contributed by atoms with van der Waals surface area (Å²) in [5, 5.41) is 9.34. The number of carbonyl (C=O) groups is 1. The molecule has 84 valence electrons. The first-order chi connectivity index (χ1) is 6.88. The van der Waals surface area contributed by atoms with Gasteiger partial charge in [-0.05, 0) is 33.0 Å². The molecule has 0 bridgehead atoms. The van der Waals surface area contributed by atoms with Crippen LogP contribution in [-0.2, 0) is 11.3 Å². The molecule has 0 aliphatic rings. The minimum absolute atomic E-state index is 0.00926. The van der Waals surface area contributed by atoms with Crippen molar-refractivity contribution >= 4 is 18.1 Å². The largest absolute Gasteiger partial charge is 0.359 e. The molecule has 0 aliphatic heterocycles. The van der Waals surface area contributed by atoms with Crippen LogP contribution < -0.4 is 5.32 Å². The highest BCUT2D eigenvalue weighted by atomic mass is 32.1. The highest BCUT2D eigenvalue weighted by molar-refractivity contribution is 7.71. The Morgan fingerprint density at radius 3 is 2.67 bits per heavy atom. The Balaban J connectivity index is 2.96. The number of nitrogens with zero attached hydrogens (tertiary/aromatic N) is 2. The highest BCUT2D eigenvalue weighted by Gasteiger charge is 2.28. The lowest BCUT2D eigenvalue weighted by atomic mass is 9.92. The van der Waals surface area contributed by atoms with E-state index >= 15 is 0 Å². The molecular weight excluding hydrogens is 212 g/mol. The van der Waals surface area contributed by atoms with E-state index in [9.17, 15) is 4.79 Å². The molecule has 2 N–H and O–H groups in total. The summed E-state index contributed by atoms with van der Waals surface area (Å²) in [5.74, 6) is 0.780. The van der Waals surface area contributed by atoms with Gasteiger partial charge in [-0.1, -0.05) is 0 Å². The van der Waals surface area contributed by atoms with Gasteiger partial charge in [-0.25, -0.2) is 0 Å². The Morgan fingerprint density at radius 1 is 1.67 bits per heavy atom. The van der Waals surface area contributed by atoms with Gasteiger partial charge in [0.25, 0.3) is 0 Å². The number of hydrogen-bond acceptors (Lipinski definition) is 3. The zero-order chi connectivity index (χ0) is 11.6. The second-order valence-electron chi connectivity index (χ2n) is 4.13. The van der Waals surface area contributed by atoms with Gasteiger partial charge >= 0.3 is 0 Å². The van der Waals surface area contributed by atoms with Crippen LogP contribution in [0.25, 0.3) is 0 Å². The van der Waals surface area contributed by atoms with Crippen LogP contribution in [0.1, 0.15) is 19.7 Å². The van der Waals surface area contributed by atoms with E-state index in [4.69, 9.17) is 12.2 Å². The Bertz CT molecular complexity index is 418. The van der Waals surface area contributed by atoms with Crippen LogP contribution in [0.15, 0.2) is 0 Å². The predicted octanol–water partition coefficient (Wildman–Crippen LogP) is 1.02. The van der Waals surface area contributed by atoms with Crippen molar-refractivity contribution in [3.8, 4) is 0 Å². The zero-order valence-electron chi connectivity index (χ0n) is 9.42. The van der Waals surface area contributed by atoms with E-state index < -0.39 is 5.41 Å². The van der Waals surface area contributed by atoms with Gasteiger partial charge in [-0.3, -0.25) is 9.89 Å². The van der Waals surface area contributed by atoms with Crippen LogP contribution in [0.5, 0.6) is 0 Å². The molecule has 0 saturated carbocycles. The number of aromatic nitrogens is 3. The van der Waals surface area contributed by atoms with Crippen molar-refractivity contribution in [3.05, 3.63) is 10.6 Å². The van der Waals surface area contributed by atoms with Crippen LogP contribution in [0.4, 0.5) is 0 Å². The number of hydrogen-bond donors (Lipinski definition) is 2. The smallest absolute Gasteiger partial charge is 0.227 e. The minimum atomic E-state index is -0.498. The average Bonchev–Trinajstić information content (AvgIpc) is 2.47. The molecule has 1 rings (SSSR count). The summed E-state index contributed by atoms with van der Waals surface area (Å²) in [7, 11) is 1.63. The second-order valence-corrected chi connectivity index (χ2v) is 4.51.